The Hall–Kier alpha value is -0.790. The van der Waals surface area contributed by atoms with Crippen LogP contribution in [0.3, 0.4) is 0 Å². The molecule has 1 fully saturated rings. The number of nitrogens with one attached hydrogen (secondary N) is 1. The predicted octanol–water partition coefficient (Wildman–Crippen LogP) is 3.39. The van der Waals surface area contributed by atoms with E-state index in [2.05, 4.69) is 22.0 Å². The number of hydrogen-bond donors (Lipinski definition) is 2. The van der Waals surface area contributed by atoms with Gasteiger partial charge in [-0.25, -0.2) is 4.39 Å². The summed E-state index contributed by atoms with van der Waals surface area (Å²) in [6, 6.07) is 4.35. The zero-order valence-corrected chi connectivity index (χ0v) is 19.4. The first-order valence-corrected chi connectivity index (χ1v) is 9.16. The van der Waals surface area contributed by atoms with Crippen LogP contribution < -0.4 is 16.0 Å². The van der Waals surface area contributed by atoms with Gasteiger partial charge in [0.2, 0.25) is 5.91 Å². The molecule has 1 amide bonds. The smallest absolute Gasteiger partial charge is 0.224 e. The van der Waals surface area contributed by atoms with Gasteiger partial charge in [0.15, 0.2) is 0 Å². The third-order valence-electron chi connectivity index (χ3n) is 5.18. The summed E-state index contributed by atoms with van der Waals surface area (Å²) in [6.45, 7) is 12.5. The summed E-state index contributed by atoms with van der Waals surface area (Å²) in [4.78, 5) is 17.0. The maximum atomic E-state index is 13.9. The molecule has 1 saturated heterocycles. The first kappa shape index (κ1) is 29.4. The van der Waals surface area contributed by atoms with Crippen LogP contribution in [0.4, 0.5) is 10.1 Å². The van der Waals surface area contributed by atoms with Crippen LogP contribution in [-0.4, -0.2) is 49.6 Å². The molecule has 0 saturated carbocycles. The van der Waals surface area contributed by atoms with E-state index >= 15 is 0 Å². The molecule has 1 aliphatic rings. The molecule has 1 heterocycles. The quantitative estimate of drug-likeness (QED) is 0.684. The molecule has 2 rings (SSSR count). The maximum absolute atomic E-state index is 13.9. The van der Waals surface area contributed by atoms with Crippen LogP contribution in [0.2, 0.25) is 0 Å². The van der Waals surface area contributed by atoms with Crippen LogP contribution in [0.15, 0.2) is 18.2 Å². The van der Waals surface area contributed by atoms with Crippen molar-refractivity contribution in [3.05, 3.63) is 29.6 Å². The van der Waals surface area contributed by atoms with Crippen molar-refractivity contribution < 1.29 is 9.18 Å². The van der Waals surface area contributed by atoms with Crippen molar-refractivity contribution in [2.75, 3.05) is 37.6 Å². The largest absolute Gasteiger partial charge is 0.369 e. The molecule has 3 N–H and O–H groups in total. The van der Waals surface area contributed by atoms with Crippen molar-refractivity contribution in [3.63, 3.8) is 0 Å². The number of benzene rings is 1. The number of carbonyl (C=O) groups is 1. The predicted molar refractivity (Wildman–Crippen MR) is 122 cm³/mol. The van der Waals surface area contributed by atoms with Crippen molar-refractivity contribution in [2.45, 2.75) is 39.8 Å². The molecular formula is C19H34Cl3FN4O. The fraction of sp³-hybridized carbons (Fsp3) is 0.632. The third-order valence-corrected chi connectivity index (χ3v) is 5.18. The highest BCUT2D eigenvalue weighted by Crippen LogP contribution is 2.28. The Morgan fingerprint density at radius 3 is 2.21 bits per heavy atom. The van der Waals surface area contributed by atoms with E-state index in [1.165, 1.54) is 12.1 Å². The van der Waals surface area contributed by atoms with Crippen molar-refractivity contribution in [1.82, 2.24) is 10.2 Å². The zero-order chi connectivity index (χ0) is 18.6. The van der Waals surface area contributed by atoms with E-state index in [0.29, 0.717) is 0 Å². The van der Waals surface area contributed by atoms with Crippen molar-refractivity contribution in [2.24, 2.45) is 11.7 Å². The van der Waals surface area contributed by atoms with Gasteiger partial charge in [0.25, 0.3) is 0 Å². The van der Waals surface area contributed by atoms with E-state index in [-0.39, 0.29) is 66.9 Å². The van der Waals surface area contributed by atoms with E-state index in [1.807, 2.05) is 26.8 Å². The Bertz CT molecular complexity index is 599. The standard InChI is InChI=1S/C19H31FN4O.3ClH/c1-5-23-8-10-24(11-9-23)18-7-6-16(20)12-17(18)15(4)22-19(25)13(2)14(3)21;;;/h6-7,12-15H,5,8-11,21H2,1-4H3,(H,22,25);3*1H. The first-order chi connectivity index (χ1) is 11.8. The second-order valence-corrected chi connectivity index (χ2v) is 7.00. The van der Waals surface area contributed by atoms with Gasteiger partial charge in [-0.05, 0) is 38.6 Å². The molecule has 1 aromatic rings. The Labute approximate surface area is 186 Å². The lowest BCUT2D eigenvalue weighted by atomic mass is 10.0. The molecule has 0 aromatic heterocycles. The highest BCUT2D eigenvalue weighted by atomic mass is 35.5. The number of hydrogen-bond acceptors (Lipinski definition) is 4. The van der Waals surface area contributed by atoms with Crippen molar-refractivity contribution >= 4 is 48.8 Å². The SMILES string of the molecule is CCN1CCN(c2ccc(F)cc2C(C)NC(=O)C(C)C(C)N)CC1.Cl.Cl.Cl. The number of amides is 1. The lowest BCUT2D eigenvalue weighted by Crippen LogP contribution is -2.46. The number of piperazine rings is 1. The van der Waals surface area contributed by atoms with E-state index in [0.717, 1.165) is 44.0 Å². The summed E-state index contributed by atoms with van der Waals surface area (Å²) in [7, 11) is 0. The molecule has 0 spiro atoms. The van der Waals surface area contributed by atoms with Gasteiger partial charge in [-0.3, -0.25) is 4.79 Å². The highest BCUT2D eigenvalue weighted by Gasteiger charge is 2.24. The zero-order valence-electron chi connectivity index (χ0n) is 17.0. The Morgan fingerprint density at radius 1 is 1.14 bits per heavy atom. The minimum atomic E-state index is -0.285. The van der Waals surface area contributed by atoms with E-state index < -0.39 is 0 Å². The monoisotopic (exact) mass is 458 g/mol. The minimum Gasteiger partial charge on any atom is -0.369 e. The Kier molecular flexibility index (Phi) is 14.1. The lowest BCUT2D eigenvalue weighted by Gasteiger charge is -2.37. The van der Waals surface area contributed by atoms with Gasteiger partial charge >= 0.3 is 0 Å². The molecule has 3 atom stereocenters. The molecular weight excluding hydrogens is 426 g/mol. The van der Waals surface area contributed by atoms with E-state index in [1.54, 1.807) is 0 Å². The number of rotatable bonds is 6. The molecule has 0 aliphatic carbocycles. The Balaban J connectivity index is 0. The fourth-order valence-corrected chi connectivity index (χ4v) is 3.13. The molecule has 0 radical (unpaired) electrons. The molecule has 0 bridgehead atoms. The second kappa shape index (κ2) is 13.4. The van der Waals surface area contributed by atoms with Crippen LogP contribution in [0.5, 0.6) is 0 Å². The topological polar surface area (TPSA) is 61.6 Å². The molecule has 5 nitrogen and oxygen atoms in total. The van der Waals surface area contributed by atoms with Crippen molar-refractivity contribution in [1.29, 1.82) is 0 Å². The first-order valence-electron chi connectivity index (χ1n) is 9.16. The summed E-state index contributed by atoms with van der Waals surface area (Å²) < 4.78 is 13.9. The van der Waals surface area contributed by atoms with Crippen LogP contribution in [0, 0.1) is 11.7 Å². The molecule has 3 unspecified atom stereocenters. The van der Waals surface area contributed by atoms with Gasteiger partial charge in [0, 0.05) is 49.4 Å². The summed E-state index contributed by atoms with van der Waals surface area (Å²) in [5, 5.41) is 2.98. The maximum Gasteiger partial charge on any atom is 0.224 e. The van der Waals surface area contributed by atoms with Gasteiger partial charge in [-0.15, -0.1) is 37.2 Å². The van der Waals surface area contributed by atoms with Gasteiger partial charge in [-0.2, -0.15) is 0 Å². The van der Waals surface area contributed by atoms with E-state index in [9.17, 15) is 9.18 Å². The highest BCUT2D eigenvalue weighted by molar-refractivity contribution is 5.86. The second-order valence-electron chi connectivity index (χ2n) is 7.00. The van der Waals surface area contributed by atoms with Crippen molar-refractivity contribution in [3.8, 4) is 0 Å². The molecule has 1 aromatic carbocycles. The lowest BCUT2D eigenvalue weighted by molar-refractivity contribution is -0.125. The molecule has 164 valence electrons. The summed E-state index contributed by atoms with van der Waals surface area (Å²) in [5.74, 6) is -0.673. The fourth-order valence-electron chi connectivity index (χ4n) is 3.13. The number of anilines is 1. The Morgan fingerprint density at radius 2 is 1.71 bits per heavy atom. The van der Waals surface area contributed by atoms with Gasteiger partial charge in [0.05, 0.1) is 6.04 Å². The average Bonchev–Trinajstić information content (AvgIpc) is 2.60. The molecule has 9 heteroatoms. The van der Waals surface area contributed by atoms with E-state index in [4.69, 9.17) is 5.73 Å². The molecule has 28 heavy (non-hydrogen) atoms. The van der Waals surface area contributed by atoms with Crippen LogP contribution in [0.1, 0.15) is 39.3 Å². The van der Waals surface area contributed by atoms with Gasteiger partial charge < -0.3 is 20.9 Å². The van der Waals surface area contributed by atoms with Gasteiger partial charge in [-0.1, -0.05) is 13.8 Å². The van der Waals surface area contributed by atoms with Crippen LogP contribution in [-0.2, 0) is 4.79 Å². The van der Waals surface area contributed by atoms with Crippen LogP contribution in [0.25, 0.3) is 0 Å². The number of nitrogens with two attached hydrogens (primary N) is 1. The number of halogens is 4. The third kappa shape index (κ3) is 7.56. The minimum absolute atomic E-state index is 0. The summed E-state index contributed by atoms with van der Waals surface area (Å²) in [5.41, 5.74) is 7.63. The van der Waals surface area contributed by atoms with Gasteiger partial charge in [0.1, 0.15) is 5.82 Å². The molecule has 1 aliphatic heterocycles. The number of carbonyl (C=O) groups excluding carboxylic acids is 1. The summed E-state index contributed by atoms with van der Waals surface area (Å²) >= 11 is 0. The number of nitrogens with zero attached hydrogens (tertiary/aromatic N) is 2. The average molecular weight is 460 g/mol. The van der Waals surface area contributed by atoms with Crippen LogP contribution >= 0.6 is 37.2 Å². The number of likely N-dealkylation sites (N-methyl/N-ethyl adjacent to an activating group) is 1. The summed E-state index contributed by atoms with van der Waals surface area (Å²) in [6.07, 6.45) is 0. The normalized spacial score (nSPS) is 17.3.